The summed E-state index contributed by atoms with van der Waals surface area (Å²) >= 11 is 2.17. The van der Waals surface area contributed by atoms with Gasteiger partial charge in [0.15, 0.2) is 10.8 Å². The molecule has 27 heavy (non-hydrogen) atoms. The standard InChI is InChI=1S/C16H10F3N3O3S2/c17-16(18,19)7-6-8(9-2-1-5-26-9)20-12-11(7)13(23)22-15(21-12)27-10-3-4-25-14(10)24/h1-2,5-6,10H,3-4H2,(H,20,21,22,23). The molecule has 11 heteroatoms. The first-order chi connectivity index (χ1) is 12.8. The maximum atomic E-state index is 13.5. The molecule has 4 rings (SSSR count). The van der Waals surface area contributed by atoms with Crippen molar-refractivity contribution in [2.45, 2.75) is 23.0 Å². The molecule has 1 unspecified atom stereocenters. The van der Waals surface area contributed by atoms with Gasteiger partial charge in [-0.3, -0.25) is 9.59 Å². The first-order valence-corrected chi connectivity index (χ1v) is 9.48. The molecule has 1 atom stereocenters. The number of fused-ring (bicyclic) bond motifs is 1. The minimum Gasteiger partial charge on any atom is -0.465 e. The van der Waals surface area contributed by atoms with Gasteiger partial charge < -0.3 is 9.72 Å². The van der Waals surface area contributed by atoms with Crippen molar-refractivity contribution in [2.75, 3.05) is 6.61 Å². The fourth-order valence-electron chi connectivity index (χ4n) is 2.67. The smallest absolute Gasteiger partial charge is 0.417 e. The summed E-state index contributed by atoms with van der Waals surface area (Å²) in [5.74, 6) is -0.445. The van der Waals surface area contributed by atoms with Crippen LogP contribution in [0.15, 0.2) is 33.5 Å². The Kier molecular flexibility index (Phi) is 4.42. The topological polar surface area (TPSA) is 84.9 Å². The predicted octanol–water partition coefficient (Wildman–Crippen LogP) is 3.47. The molecule has 0 aliphatic carbocycles. The van der Waals surface area contributed by atoms with Crippen LogP contribution < -0.4 is 5.56 Å². The maximum absolute atomic E-state index is 13.5. The summed E-state index contributed by atoms with van der Waals surface area (Å²) in [5, 5.41) is 0.557. The van der Waals surface area contributed by atoms with Crippen molar-refractivity contribution in [2.24, 2.45) is 0 Å². The number of hydrogen-bond acceptors (Lipinski definition) is 7. The van der Waals surface area contributed by atoms with Crippen molar-refractivity contribution in [1.29, 1.82) is 0 Å². The van der Waals surface area contributed by atoms with E-state index in [1.807, 2.05) is 0 Å². The van der Waals surface area contributed by atoms with Gasteiger partial charge in [-0.2, -0.15) is 13.2 Å². The number of hydrogen-bond donors (Lipinski definition) is 1. The quantitative estimate of drug-likeness (QED) is 0.523. The van der Waals surface area contributed by atoms with E-state index in [4.69, 9.17) is 4.74 Å². The average molecular weight is 413 g/mol. The lowest BCUT2D eigenvalue weighted by Gasteiger charge is -2.12. The number of nitrogens with zero attached hydrogens (tertiary/aromatic N) is 2. The molecule has 0 amide bonds. The lowest BCUT2D eigenvalue weighted by Crippen LogP contribution is -2.18. The average Bonchev–Trinajstić information content (AvgIpc) is 3.25. The highest BCUT2D eigenvalue weighted by Gasteiger charge is 2.36. The molecule has 1 saturated heterocycles. The van der Waals surface area contributed by atoms with Crippen LogP contribution >= 0.6 is 23.1 Å². The summed E-state index contributed by atoms with van der Waals surface area (Å²) in [4.78, 5) is 35.0. The Bertz CT molecular complexity index is 1080. The van der Waals surface area contributed by atoms with E-state index in [0.717, 1.165) is 17.8 Å². The molecule has 4 heterocycles. The summed E-state index contributed by atoms with van der Waals surface area (Å²) in [6.45, 7) is 0.257. The van der Waals surface area contributed by atoms with Gasteiger partial charge in [-0.1, -0.05) is 17.8 Å². The Morgan fingerprint density at radius 3 is 2.74 bits per heavy atom. The van der Waals surface area contributed by atoms with E-state index < -0.39 is 33.9 Å². The highest BCUT2D eigenvalue weighted by atomic mass is 32.2. The predicted molar refractivity (Wildman–Crippen MR) is 93.7 cm³/mol. The molecule has 0 radical (unpaired) electrons. The van der Waals surface area contributed by atoms with Crippen LogP contribution in [0.2, 0.25) is 0 Å². The molecule has 1 aliphatic heterocycles. The van der Waals surface area contributed by atoms with Gasteiger partial charge in [0.1, 0.15) is 5.25 Å². The number of carbonyl (C=O) groups excluding carboxylic acids is 1. The van der Waals surface area contributed by atoms with Crippen LogP contribution in [0.5, 0.6) is 0 Å². The highest BCUT2D eigenvalue weighted by molar-refractivity contribution is 8.00. The largest absolute Gasteiger partial charge is 0.465 e. The van der Waals surface area contributed by atoms with Crippen molar-refractivity contribution < 1.29 is 22.7 Å². The van der Waals surface area contributed by atoms with E-state index in [-0.39, 0.29) is 23.1 Å². The Labute approximate surface area is 157 Å². The fourth-order valence-corrected chi connectivity index (χ4v) is 4.29. The molecule has 1 fully saturated rings. The van der Waals surface area contributed by atoms with Crippen molar-refractivity contribution in [3.63, 3.8) is 0 Å². The summed E-state index contributed by atoms with van der Waals surface area (Å²) < 4.78 is 45.4. The highest BCUT2D eigenvalue weighted by Crippen LogP contribution is 2.36. The maximum Gasteiger partial charge on any atom is 0.417 e. The number of H-pyrrole nitrogens is 1. The summed E-state index contributed by atoms with van der Waals surface area (Å²) in [6.07, 6.45) is -4.31. The van der Waals surface area contributed by atoms with E-state index in [1.54, 1.807) is 17.5 Å². The number of aromatic amines is 1. The lowest BCUT2D eigenvalue weighted by molar-refractivity contribution is -0.138. The Balaban J connectivity index is 1.89. The van der Waals surface area contributed by atoms with Gasteiger partial charge in [-0.15, -0.1) is 11.3 Å². The van der Waals surface area contributed by atoms with Gasteiger partial charge in [0.25, 0.3) is 5.56 Å². The van der Waals surface area contributed by atoms with E-state index in [9.17, 15) is 22.8 Å². The minimum absolute atomic E-state index is 0.0281. The Morgan fingerprint density at radius 2 is 2.11 bits per heavy atom. The summed E-state index contributed by atoms with van der Waals surface area (Å²) in [6, 6.07) is 4.18. The zero-order chi connectivity index (χ0) is 19.2. The Hall–Kier alpha value is -2.40. The van der Waals surface area contributed by atoms with Crippen LogP contribution in [0.1, 0.15) is 12.0 Å². The molecule has 3 aromatic heterocycles. The number of thiophene rings is 1. The molecule has 3 aromatic rings. The zero-order valence-electron chi connectivity index (χ0n) is 13.4. The molecule has 0 spiro atoms. The first kappa shape index (κ1) is 18.0. The number of ether oxygens (including phenoxy) is 1. The zero-order valence-corrected chi connectivity index (χ0v) is 15.0. The molecule has 0 bridgehead atoms. The molecule has 1 N–H and O–H groups in total. The van der Waals surface area contributed by atoms with E-state index in [0.29, 0.717) is 11.3 Å². The molecule has 6 nitrogen and oxygen atoms in total. The summed E-state index contributed by atoms with van der Waals surface area (Å²) in [5.41, 5.74) is -2.28. The fraction of sp³-hybridized carbons (Fsp3) is 0.250. The third-order valence-electron chi connectivity index (χ3n) is 3.88. The van der Waals surface area contributed by atoms with Crippen LogP contribution in [0, 0.1) is 0 Å². The van der Waals surface area contributed by atoms with Gasteiger partial charge in [-0.25, -0.2) is 9.97 Å². The van der Waals surface area contributed by atoms with Crippen molar-refractivity contribution in [3.8, 4) is 10.6 Å². The van der Waals surface area contributed by atoms with Crippen molar-refractivity contribution in [3.05, 3.63) is 39.5 Å². The molecular weight excluding hydrogens is 403 g/mol. The lowest BCUT2D eigenvalue weighted by atomic mass is 10.1. The van der Waals surface area contributed by atoms with E-state index >= 15 is 0 Å². The SMILES string of the molecule is O=C1OCCC1Sc1nc2nc(-c3cccs3)cc(C(F)(F)F)c2c(=O)[nH]1. The van der Waals surface area contributed by atoms with E-state index in [2.05, 4.69) is 15.0 Å². The summed E-state index contributed by atoms with van der Waals surface area (Å²) in [7, 11) is 0. The number of nitrogens with one attached hydrogen (secondary N) is 1. The molecule has 140 valence electrons. The number of thioether (sulfide) groups is 1. The number of carbonyl (C=O) groups is 1. The van der Waals surface area contributed by atoms with Crippen molar-refractivity contribution >= 4 is 40.1 Å². The molecule has 0 aromatic carbocycles. The van der Waals surface area contributed by atoms with Crippen molar-refractivity contribution in [1.82, 2.24) is 15.0 Å². The van der Waals surface area contributed by atoms with Crippen LogP contribution in [0.25, 0.3) is 21.6 Å². The van der Waals surface area contributed by atoms with Crippen LogP contribution in [0.4, 0.5) is 13.2 Å². The molecule has 1 aliphatic rings. The number of cyclic esters (lactones) is 1. The first-order valence-electron chi connectivity index (χ1n) is 7.72. The Morgan fingerprint density at radius 1 is 1.30 bits per heavy atom. The normalized spacial score (nSPS) is 17.4. The number of esters is 1. The molecular formula is C16H10F3N3O3S2. The number of halogens is 3. The van der Waals surface area contributed by atoms with Crippen LogP contribution in [-0.2, 0) is 15.7 Å². The number of aromatic nitrogens is 3. The second-order valence-corrected chi connectivity index (χ2v) is 7.80. The molecule has 0 saturated carbocycles. The van der Waals surface area contributed by atoms with Gasteiger partial charge in [0.2, 0.25) is 0 Å². The number of alkyl halides is 3. The van der Waals surface area contributed by atoms with Crippen LogP contribution in [-0.4, -0.2) is 32.8 Å². The van der Waals surface area contributed by atoms with Gasteiger partial charge in [-0.05, 0) is 17.5 Å². The second kappa shape index (κ2) is 6.64. The van der Waals surface area contributed by atoms with Gasteiger partial charge in [0.05, 0.1) is 28.1 Å². The van der Waals surface area contributed by atoms with Crippen LogP contribution in [0.3, 0.4) is 0 Å². The number of pyridine rings is 1. The minimum atomic E-state index is -4.74. The monoisotopic (exact) mass is 413 g/mol. The third-order valence-corrected chi connectivity index (χ3v) is 5.90. The van der Waals surface area contributed by atoms with Gasteiger partial charge in [0, 0.05) is 6.42 Å². The van der Waals surface area contributed by atoms with Gasteiger partial charge >= 0.3 is 12.1 Å². The third kappa shape index (κ3) is 3.44. The van der Waals surface area contributed by atoms with E-state index in [1.165, 1.54) is 11.3 Å². The second-order valence-electron chi connectivity index (χ2n) is 5.66. The number of rotatable bonds is 3.